The number of imidazole rings is 1. The van der Waals surface area contributed by atoms with E-state index in [1.165, 1.54) is 25.7 Å². The lowest BCUT2D eigenvalue weighted by Gasteiger charge is -2.24. The Kier molecular flexibility index (Phi) is 6.14. The van der Waals surface area contributed by atoms with Gasteiger partial charge in [0.1, 0.15) is 5.52 Å². The van der Waals surface area contributed by atoms with Crippen LogP contribution in [0.15, 0.2) is 43.0 Å². The van der Waals surface area contributed by atoms with Crippen LogP contribution in [0, 0.1) is 0 Å². The van der Waals surface area contributed by atoms with Crippen molar-refractivity contribution in [2.75, 3.05) is 33.2 Å². The minimum atomic E-state index is -0.00602. The number of fused-ring (bicyclic) bond motifs is 1. The molecule has 0 unspecified atom stereocenters. The molecule has 0 spiro atoms. The molecule has 0 radical (unpaired) electrons. The topological polar surface area (TPSA) is 67.2 Å². The van der Waals surface area contributed by atoms with E-state index in [9.17, 15) is 4.79 Å². The van der Waals surface area contributed by atoms with Crippen LogP contribution in [0.4, 0.5) is 0 Å². The van der Waals surface area contributed by atoms with Crippen LogP contribution in [-0.4, -0.2) is 68.5 Å². The highest BCUT2D eigenvalue weighted by molar-refractivity contribution is 5.96. The molecule has 152 valence electrons. The van der Waals surface area contributed by atoms with E-state index in [-0.39, 0.29) is 5.91 Å². The van der Waals surface area contributed by atoms with E-state index in [4.69, 9.17) is 0 Å². The predicted octanol–water partition coefficient (Wildman–Crippen LogP) is 2.82. The number of amides is 1. The first-order valence-electron chi connectivity index (χ1n) is 10.4. The van der Waals surface area contributed by atoms with Gasteiger partial charge in [0.15, 0.2) is 5.65 Å². The molecular weight excluding hydrogens is 364 g/mol. The van der Waals surface area contributed by atoms with Gasteiger partial charge in [-0.3, -0.25) is 9.78 Å². The van der Waals surface area contributed by atoms with Gasteiger partial charge < -0.3 is 14.4 Å². The van der Waals surface area contributed by atoms with Crippen molar-refractivity contribution in [2.24, 2.45) is 0 Å². The maximum Gasteiger partial charge on any atom is 0.255 e. The number of nitrogens with zero attached hydrogens (tertiary/aromatic N) is 6. The van der Waals surface area contributed by atoms with Crippen LogP contribution in [0.1, 0.15) is 41.7 Å². The predicted molar refractivity (Wildman–Crippen MR) is 113 cm³/mol. The van der Waals surface area contributed by atoms with E-state index in [2.05, 4.69) is 19.9 Å². The zero-order valence-electron chi connectivity index (χ0n) is 17.0. The van der Waals surface area contributed by atoms with Gasteiger partial charge in [-0.25, -0.2) is 9.97 Å². The molecule has 4 heterocycles. The van der Waals surface area contributed by atoms with E-state index >= 15 is 0 Å². The highest BCUT2D eigenvalue weighted by atomic mass is 16.2. The summed E-state index contributed by atoms with van der Waals surface area (Å²) in [5, 5.41) is 0. The summed E-state index contributed by atoms with van der Waals surface area (Å²) in [5.41, 5.74) is 3.02. The van der Waals surface area contributed by atoms with Crippen LogP contribution in [0.2, 0.25) is 0 Å². The van der Waals surface area contributed by atoms with E-state index in [1.54, 1.807) is 23.6 Å². The van der Waals surface area contributed by atoms with Crippen LogP contribution in [0.5, 0.6) is 0 Å². The quantitative estimate of drug-likeness (QED) is 0.645. The van der Waals surface area contributed by atoms with Gasteiger partial charge in [-0.2, -0.15) is 0 Å². The minimum absolute atomic E-state index is 0.00602. The maximum absolute atomic E-state index is 12.8. The minimum Gasteiger partial charge on any atom is -0.340 e. The number of hydrogen-bond acceptors (Lipinski definition) is 5. The second kappa shape index (κ2) is 9.13. The Hall–Kier alpha value is -2.80. The largest absolute Gasteiger partial charge is 0.340 e. The van der Waals surface area contributed by atoms with Gasteiger partial charge in [-0.15, -0.1) is 0 Å². The first-order chi connectivity index (χ1) is 14.2. The number of carbonyl (C=O) groups excluding carboxylic acids is 1. The molecule has 0 aliphatic carbocycles. The van der Waals surface area contributed by atoms with Crippen molar-refractivity contribution in [1.82, 2.24) is 29.3 Å². The highest BCUT2D eigenvalue weighted by Gasteiger charge is 2.16. The molecule has 0 bridgehead atoms. The lowest BCUT2D eigenvalue weighted by Crippen LogP contribution is -2.36. The van der Waals surface area contributed by atoms with Crippen molar-refractivity contribution in [3.05, 3.63) is 54.2 Å². The van der Waals surface area contributed by atoms with E-state index < -0.39 is 0 Å². The normalized spacial score (nSPS) is 15.3. The van der Waals surface area contributed by atoms with Crippen LogP contribution >= 0.6 is 0 Å². The van der Waals surface area contributed by atoms with Gasteiger partial charge in [0.25, 0.3) is 5.91 Å². The Balaban J connectivity index is 1.41. The molecule has 3 aromatic rings. The molecule has 0 atom stereocenters. The van der Waals surface area contributed by atoms with Crippen molar-refractivity contribution in [1.29, 1.82) is 0 Å². The summed E-state index contributed by atoms with van der Waals surface area (Å²) in [4.78, 5) is 30.4. The third kappa shape index (κ3) is 4.79. The Bertz CT molecular complexity index is 946. The van der Waals surface area contributed by atoms with Gasteiger partial charge in [-0.1, -0.05) is 18.9 Å². The molecule has 7 nitrogen and oxygen atoms in total. The number of aromatic nitrogens is 4. The molecule has 0 saturated carbocycles. The molecule has 4 rings (SSSR count). The molecule has 1 fully saturated rings. The van der Waals surface area contributed by atoms with Crippen molar-refractivity contribution < 1.29 is 4.79 Å². The number of likely N-dealkylation sites (tertiary alicyclic amines) is 1. The summed E-state index contributed by atoms with van der Waals surface area (Å²) >= 11 is 0. The van der Waals surface area contributed by atoms with E-state index in [0.717, 1.165) is 43.0 Å². The van der Waals surface area contributed by atoms with Gasteiger partial charge in [0.2, 0.25) is 0 Å². The monoisotopic (exact) mass is 392 g/mol. The fourth-order valence-electron chi connectivity index (χ4n) is 3.82. The van der Waals surface area contributed by atoms with Gasteiger partial charge in [0.05, 0.1) is 24.1 Å². The average molecular weight is 393 g/mol. The third-order valence-corrected chi connectivity index (χ3v) is 5.56. The van der Waals surface area contributed by atoms with Crippen molar-refractivity contribution in [2.45, 2.75) is 32.2 Å². The second-order valence-electron chi connectivity index (χ2n) is 7.74. The summed E-state index contributed by atoms with van der Waals surface area (Å²) in [6.07, 6.45) is 10.4. The van der Waals surface area contributed by atoms with Gasteiger partial charge in [0, 0.05) is 32.5 Å². The molecular formula is C22H28N6O. The zero-order chi connectivity index (χ0) is 20.1. The first-order valence-corrected chi connectivity index (χ1v) is 10.4. The Morgan fingerprint density at radius 3 is 2.69 bits per heavy atom. The molecule has 1 aliphatic heterocycles. The summed E-state index contributed by atoms with van der Waals surface area (Å²) in [5.74, 6) is -0.00602. The standard InChI is InChI=1S/C22H28N6O/c1-26(12-13-27-10-6-2-3-7-11-27)22(29)18-14-20-21(24-15-18)28(17-25-20)16-19-8-4-5-9-23-19/h4-5,8-9,14-15,17H,2-3,6-7,10-13,16H2,1H3. The fourth-order valence-corrected chi connectivity index (χ4v) is 3.82. The number of carbonyl (C=O) groups is 1. The van der Waals surface area contributed by atoms with E-state index in [1.807, 2.05) is 35.9 Å². The lowest BCUT2D eigenvalue weighted by atomic mass is 10.2. The number of rotatable bonds is 6. The molecule has 7 heteroatoms. The zero-order valence-corrected chi connectivity index (χ0v) is 17.0. The second-order valence-corrected chi connectivity index (χ2v) is 7.74. The van der Waals surface area contributed by atoms with Crippen molar-refractivity contribution in [3.63, 3.8) is 0 Å². The number of likely N-dealkylation sites (N-methyl/N-ethyl adjacent to an activating group) is 1. The molecule has 0 N–H and O–H groups in total. The Morgan fingerprint density at radius 1 is 1.10 bits per heavy atom. The average Bonchev–Trinajstić information content (AvgIpc) is 2.97. The van der Waals surface area contributed by atoms with Crippen molar-refractivity contribution >= 4 is 17.1 Å². The number of hydrogen-bond donors (Lipinski definition) is 0. The van der Waals surface area contributed by atoms with E-state index in [0.29, 0.717) is 12.1 Å². The Labute approximate surface area is 171 Å². The van der Waals surface area contributed by atoms with Gasteiger partial charge >= 0.3 is 0 Å². The van der Waals surface area contributed by atoms with Gasteiger partial charge in [-0.05, 0) is 44.1 Å². The molecule has 1 amide bonds. The summed E-state index contributed by atoms with van der Waals surface area (Å²) < 4.78 is 1.95. The maximum atomic E-state index is 12.8. The van der Waals surface area contributed by atoms with Crippen LogP contribution in [-0.2, 0) is 6.54 Å². The smallest absolute Gasteiger partial charge is 0.255 e. The SMILES string of the molecule is CN(CCN1CCCCCC1)C(=O)c1cnc2c(c1)ncn2Cc1ccccn1. The molecule has 3 aromatic heterocycles. The summed E-state index contributed by atoms with van der Waals surface area (Å²) in [6, 6.07) is 7.67. The van der Waals surface area contributed by atoms with Crippen LogP contribution < -0.4 is 0 Å². The van der Waals surface area contributed by atoms with Crippen LogP contribution in [0.3, 0.4) is 0 Å². The first kappa shape index (κ1) is 19.5. The number of pyridine rings is 2. The highest BCUT2D eigenvalue weighted by Crippen LogP contribution is 2.15. The fraction of sp³-hybridized carbons (Fsp3) is 0.455. The molecule has 29 heavy (non-hydrogen) atoms. The molecule has 1 saturated heterocycles. The van der Waals surface area contributed by atoms with Crippen molar-refractivity contribution in [3.8, 4) is 0 Å². The lowest BCUT2D eigenvalue weighted by molar-refractivity contribution is 0.0778. The molecule has 0 aromatic carbocycles. The Morgan fingerprint density at radius 2 is 1.93 bits per heavy atom. The molecule has 1 aliphatic rings. The summed E-state index contributed by atoms with van der Waals surface area (Å²) in [6.45, 7) is 4.54. The third-order valence-electron chi connectivity index (χ3n) is 5.56. The summed E-state index contributed by atoms with van der Waals surface area (Å²) in [7, 11) is 1.87. The van der Waals surface area contributed by atoms with Crippen LogP contribution in [0.25, 0.3) is 11.2 Å².